The first-order chi connectivity index (χ1) is 15.8. The van der Waals surface area contributed by atoms with E-state index in [0.29, 0.717) is 10.0 Å². The van der Waals surface area contributed by atoms with Crippen molar-refractivity contribution in [3.05, 3.63) is 79.5 Å². The highest BCUT2D eigenvalue weighted by atomic mass is 35.5. The first-order valence-corrected chi connectivity index (χ1v) is 13.1. The summed E-state index contributed by atoms with van der Waals surface area (Å²) in [5.41, 5.74) is 5.82. The molecule has 1 N–H and O–H groups in total. The maximum Gasteiger partial charge on any atom is 0.260 e. The zero-order chi connectivity index (χ0) is 25.2. The quantitative estimate of drug-likeness (QED) is 0.300. The molecule has 7 nitrogen and oxygen atoms in total. The number of carbonyl (C=O) groups is 1. The average Bonchev–Trinajstić information content (AvgIpc) is 2.97. The molecule has 180 valence electrons. The first kappa shape index (κ1) is 26.4. The summed E-state index contributed by atoms with van der Waals surface area (Å²) in [7, 11) is -3.79. The lowest BCUT2D eigenvalue weighted by atomic mass is 10.2. The van der Waals surface area contributed by atoms with Gasteiger partial charge in [0.15, 0.2) is 0 Å². The van der Waals surface area contributed by atoms with Crippen molar-refractivity contribution in [1.82, 2.24) is 9.99 Å². The number of anilines is 1. The molecule has 3 aromatic rings. The lowest BCUT2D eigenvalue weighted by molar-refractivity contribution is -0.119. The molecule has 3 rings (SSSR count). The SMILES string of the molecule is Cc1cc(/C=N\NC(=O)CN(c2cc(Cl)cc(Cl)c2)S(C)(=O)=O)c(C)n1-c1cc(Cl)cc(Cl)c1. The minimum Gasteiger partial charge on any atom is -0.318 e. The second-order valence-electron chi connectivity index (χ2n) is 7.48. The van der Waals surface area contributed by atoms with E-state index in [4.69, 9.17) is 46.4 Å². The maximum absolute atomic E-state index is 12.5. The van der Waals surface area contributed by atoms with Gasteiger partial charge in [-0.25, -0.2) is 13.8 Å². The third kappa shape index (κ3) is 6.46. The second-order valence-corrected chi connectivity index (χ2v) is 11.1. The molecule has 1 aromatic heterocycles. The van der Waals surface area contributed by atoms with Crippen LogP contribution in [0, 0.1) is 13.8 Å². The molecular formula is C22H20Cl4N4O3S. The van der Waals surface area contributed by atoms with Crippen LogP contribution in [0.3, 0.4) is 0 Å². The number of nitrogens with zero attached hydrogens (tertiary/aromatic N) is 3. The van der Waals surface area contributed by atoms with Crippen LogP contribution in [0.2, 0.25) is 20.1 Å². The van der Waals surface area contributed by atoms with Crippen LogP contribution in [0.15, 0.2) is 47.6 Å². The predicted octanol–water partition coefficient (Wildman–Crippen LogP) is 5.62. The molecule has 0 aliphatic rings. The predicted molar refractivity (Wildman–Crippen MR) is 140 cm³/mol. The lowest BCUT2D eigenvalue weighted by Crippen LogP contribution is -2.39. The highest BCUT2D eigenvalue weighted by molar-refractivity contribution is 7.92. The third-order valence-corrected chi connectivity index (χ3v) is 6.80. The van der Waals surface area contributed by atoms with Crippen LogP contribution < -0.4 is 9.73 Å². The fraction of sp³-hybridized carbons (Fsp3) is 0.182. The zero-order valence-electron chi connectivity index (χ0n) is 18.3. The summed E-state index contributed by atoms with van der Waals surface area (Å²) in [6.07, 6.45) is 2.46. The van der Waals surface area contributed by atoms with Gasteiger partial charge in [-0.15, -0.1) is 0 Å². The van der Waals surface area contributed by atoms with E-state index in [-0.39, 0.29) is 15.7 Å². The molecular weight excluding hydrogens is 542 g/mol. The van der Waals surface area contributed by atoms with E-state index in [9.17, 15) is 13.2 Å². The van der Waals surface area contributed by atoms with Crippen molar-refractivity contribution in [3.8, 4) is 5.69 Å². The topological polar surface area (TPSA) is 83.8 Å². The summed E-state index contributed by atoms with van der Waals surface area (Å²) in [5, 5.41) is 5.49. The Hall–Kier alpha value is -2.23. The Bertz CT molecular complexity index is 1350. The number of hydrogen-bond donors (Lipinski definition) is 1. The highest BCUT2D eigenvalue weighted by Gasteiger charge is 2.21. The van der Waals surface area contributed by atoms with Gasteiger partial charge in [-0.2, -0.15) is 5.10 Å². The molecule has 0 radical (unpaired) electrons. The minimum atomic E-state index is -3.79. The Kier molecular flexibility index (Phi) is 8.21. The van der Waals surface area contributed by atoms with Gasteiger partial charge in [0.05, 0.1) is 18.2 Å². The molecule has 0 bridgehead atoms. The number of halogens is 4. The van der Waals surface area contributed by atoms with E-state index >= 15 is 0 Å². The van der Waals surface area contributed by atoms with Gasteiger partial charge in [0.2, 0.25) is 10.0 Å². The molecule has 0 saturated heterocycles. The van der Waals surface area contributed by atoms with Crippen molar-refractivity contribution in [2.45, 2.75) is 13.8 Å². The number of aromatic nitrogens is 1. The number of amides is 1. The van der Waals surface area contributed by atoms with Crippen LogP contribution in [0.25, 0.3) is 5.69 Å². The number of hydrogen-bond acceptors (Lipinski definition) is 4. The average molecular weight is 562 g/mol. The largest absolute Gasteiger partial charge is 0.318 e. The van der Waals surface area contributed by atoms with Crippen LogP contribution in [0.4, 0.5) is 5.69 Å². The maximum atomic E-state index is 12.5. The Morgan fingerprint density at radius 1 is 0.971 bits per heavy atom. The van der Waals surface area contributed by atoms with Crippen LogP contribution in [-0.2, 0) is 14.8 Å². The lowest BCUT2D eigenvalue weighted by Gasteiger charge is -2.21. The van der Waals surface area contributed by atoms with E-state index in [2.05, 4.69) is 10.5 Å². The molecule has 0 spiro atoms. The molecule has 34 heavy (non-hydrogen) atoms. The van der Waals surface area contributed by atoms with E-state index in [1.807, 2.05) is 24.5 Å². The van der Waals surface area contributed by atoms with Gasteiger partial charge in [-0.05, 0) is 56.3 Å². The molecule has 0 fully saturated rings. The van der Waals surface area contributed by atoms with Gasteiger partial charge in [-0.1, -0.05) is 46.4 Å². The number of rotatable bonds is 7. The van der Waals surface area contributed by atoms with Crippen LogP contribution in [0.1, 0.15) is 17.0 Å². The summed E-state index contributed by atoms with van der Waals surface area (Å²) in [5.74, 6) is -0.645. The molecule has 0 atom stereocenters. The van der Waals surface area contributed by atoms with Crippen molar-refractivity contribution in [2.24, 2.45) is 5.10 Å². The normalized spacial score (nSPS) is 11.7. The van der Waals surface area contributed by atoms with Crippen LogP contribution in [-0.4, -0.2) is 37.9 Å². The van der Waals surface area contributed by atoms with Crippen molar-refractivity contribution in [1.29, 1.82) is 0 Å². The van der Waals surface area contributed by atoms with E-state index < -0.39 is 22.5 Å². The number of hydrazone groups is 1. The summed E-state index contributed by atoms with van der Waals surface area (Å²) < 4.78 is 27.4. The smallest absolute Gasteiger partial charge is 0.260 e. The second kappa shape index (κ2) is 10.6. The van der Waals surface area contributed by atoms with Gasteiger partial charge in [0.25, 0.3) is 5.91 Å². The summed E-state index contributed by atoms with van der Waals surface area (Å²) in [6.45, 7) is 3.30. The van der Waals surface area contributed by atoms with Gasteiger partial charge in [0.1, 0.15) is 6.54 Å². The van der Waals surface area contributed by atoms with Crippen molar-refractivity contribution < 1.29 is 13.2 Å². The monoisotopic (exact) mass is 560 g/mol. The fourth-order valence-electron chi connectivity index (χ4n) is 3.41. The van der Waals surface area contributed by atoms with Gasteiger partial charge in [0, 0.05) is 42.7 Å². The first-order valence-electron chi connectivity index (χ1n) is 9.76. The van der Waals surface area contributed by atoms with Crippen molar-refractivity contribution >= 4 is 74.2 Å². The number of nitrogens with one attached hydrogen (secondary N) is 1. The molecule has 1 heterocycles. The Morgan fingerprint density at radius 3 is 2.03 bits per heavy atom. The molecule has 0 unspecified atom stereocenters. The molecule has 1 amide bonds. The van der Waals surface area contributed by atoms with E-state index in [0.717, 1.165) is 33.2 Å². The summed E-state index contributed by atoms with van der Waals surface area (Å²) >= 11 is 24.2. The standard InChI is InChI=1S/C22H20Cl4N4O3S/c1-13-4-15(14(2)30(13)21-9-18(25)6-19(26)10-21)11-27-28-22(31)12-29(34(3,32)33)20-7-16(23)5-17(24)8-20/h4-11H,12H2,1-3H3,(H,28,31)/b27-11-. The fourth-order valence-corrected chi connectivity index (χ4v) is 5.28. The third-order valence-electron chi connectivity index (χ3n) is 4.79. The Labute approximate surface area is 217 Å². The van der Waals surface area contributed by atoms with E-state index in [1.54, 1.807) is 18.2 Å². The zero-order valence-corrected chi connectivity index (χ0v) is 22.2. The number of aryl methyl sites for hydroxylation is 1. The summed E-state index contributed by atoms with van der Waals surface area (Å²) in [4.78, 5) is 12.5. The van der Waals surface area contributed by atoms with Crippen LogP contribution in [0.5, 0.6) is 0 Å². The Morgan fingerprint density at radius 2 is 1.50 bits per heavy atom. The summed E-state index contributed by atoms with van der Waals surface area (Å²) in [6, 6.07) is 11.4. The van der Waals surface area contributed by atoms with Crippen molar-refractivity contribution in [3.63, 3.8) is 0 Å². The number of sulfonamides is 1. The number of carbonyl (C=O) groups excluding carboxylic acids is 1. The van der Waals surface area contributed by atoms with Gasteiger partial charge >= 0.3 is 0 Å². The van der Waals surface area contributed by atoms with Crippen LogP contribution >= 0.6 is 46.4 Å². The molecule has 0 aliphatic carbocycles. The molecule has 0 aliphatic heterocycles. The molecule has 2 aromatic carbocycles. The van der Waals surface area contributed by atoms with E-state index in [1.165, 1.54) is 24.4 Å². The molecule has 12 heteroatoms. The molecule has 0 saturated carbocycles. The van der Waals surface area contributed by atoms with Gasteiger partial charge < -0.3 is 4.57 Å². The Balaban J connectivity index is 1.78. The highest BCUT2D eigenvalue weighted by Crippen LogP contribution is 2.27. The minimum absolute atomic E-state index is 0.169. The van der Waals surface area contributed by atoms with Gasteiger partial charge in [-0.3, -0.25) is 9.10 Å². The number of benzene rings is 2. The van der Waals surface area contributed by atoms with Crippen molar-refractivity contribution in [2.75, 3.05) is 17.1 Å².